The zero-order chi connectivity index (χ0) is 11.4. The first-order chi connectivity index (χ1) is 7.78. The van der Waals surface area contributed by atoms with Crippen molar-refractivity contribution in [3.63, 3.8) is 0 Å². The number of furan rings is 1. The molecule has 16 heavy (non-hydrogen) atoms. The standard InChI is InChI=1S/C12H15NO2S/c1-13(8-12-3-2-6-16-12)7-10-4-5-11(9-14)15-10/h2-6,14H,7-9H2,1H3. The molecule has 0 aromatic carbocycles. The van der Waals surface area contributed by atoms with Crippen LogP contribution in [0.15, 0.2) is 34.1 Å². The predicted octanol–water partition coefficient (Wildman–Crippen LogP) is 2.47. The summed E-state index contributed by atoms with van der Waals surface area (Å²) in [6.45, 7) is 1.65. The van der Waals surface area contributed by atoms with Crippen molar-refractivity contribution < 1.29 is 9.52 Å². The lowest BCUT2D eigenvalue weighted by Gasteiger charge is -2.13. The van der Waals surface area contributed by atoms with Gasteiger partial charge in [0.25, 0.3) is 0 Å². The summed E-state index contributed by atoms with van der Waals surface area (Å²) in [5.41, 5.74) is 0. The molecule has 0 aliphatic heterocycles. The lowest BCUT2D eigenvalue weighted by atomic mass is 10.4. The number of hydrogen-bond acceptors (Lipinski definition) is 4. The minimum atomic E-state index is -0.0331. The quantitative estimate of drug-likeness (QED) is 0.868. The number of aliphatic hydroxyl groups is 1. The van der Waals surface area contributed by atoms with Gasteiger partial charge in [-0.1, -0.05) is 6.07 Å². The maximum Gasteiger partial charge on any atom is 0.129 e. The van der Waals surface area contributed by atoms with Crippen LogP contribution in [-0.4, -0.2) is 17.1 Å². The topological polar surface area (TPSA) is 36.6 Å². The second kappa shape index (κ2) is 5.30. The molecule has 0 atom stereocenters. The van der Waals surface area contributed by atoms with Crippen molar-refractivity contribution in [3.8, 4) is 0 Å². The molecule has 3 nitrogen and oxygen atoms in total. The molecular weight excluding hydrogens is 222 g/mol. The molecule has 0 bridgehead atoms. The number of thiophene rings is 1. The second-order valence-electron chi connectivity index (χ2n) is 3.78. The Morgan fingerprint density at radius 2 is 2.06 bits per heavy atom. The van der Waals surface area contributed by atoms with E-state index < -0.39 is 0 Å². The monoisotopic (exact) mass is 237 g/mol. The van der Waals surface area contributed by atoms with Crippen molar-refractivity contribution in [1.29, 1.82) is 0 Å². The Balaban J connectivity index is 1.89. The first kappa shape index (κ1) is 11.4. The van der Waals surface area contributed by atoms with Gasteiger partial charge in [-0.05, 0) is 30.6 Å². The van der Waals surface area contributed by atoms with Crippen LogP contribution in [-0.2, 0) is 19.7 Å². The van der Waals surface area contributed by atoms with E-state index in [-0.39, 0.29) is 6.61 Å². The molecule has 2 aromatic rings. The predicted molar refractivity (Wildman–Crippen MR) is 64.1 cm³/mol. The zero-order valence-electron chi connectivity index (χ0n) is 9.22. The normalized spacial score (nSPS) is 11.2. The van der Waals surface area contributed by atoms with E-state index in [4.69, 9.17) is 9.52 Å². The molecule has 0 saturated heterocycles. The smallest absolute Gasteiger partial charge is 0.129 e. The van der Waals surface area contributed by atoms with Gasteiger partial charge >= 0.3 is 0 Å². The SMILES string of the molecule is CN(Cc1ccc(CO)o1)Cc1cccs1. The van der Waals surface area contributed by atoms with Crippen molar-refractivity contribution in [2.45, 2.75) is 19.7 Å². The van der Waals surface area contributed by atoms with Crippen molar-refractivity contribution in [2.24, 2.45) is 0 Å². The first-order valence-electron chi connectivity index (χ1n) is 5.17. The highest BCUT2D eigenvalue weighted by Gasteiger charge is 2.06. The molecule has 0 amide bonds. The maximum atomic E-state index is 8.89. The third-order valence-corrected chi connectivity index (χ3v) is 3.17. The molecule has 1 N–H and O–H groups in total. The van der Waals surface area contributed by atoms with Crippen LogP contribution in [0.2, 0.25) is 0 Å². The maximum absolute atomic E-state index is 8.89. The zero-order valence-corrected chi connectivity index (χ0v) is 10.0. The highest BCUT2D eigenvalue weighted by atomic mass is 32.1. The Morgan fingerprint density at radius 1 is 1.25 bits per heavy atom. The summed E-state index contributed by atoms with van der Waals surface area (Å²) in [5.74, 6) is 1.52. The van der Waals surface area contributed by atoms with Gasteiger partial charge in [-0.2, -0.15) is 0 Å². The van der Waals surface area contributed by atoms with E-state index in [9.17, 15) is 0 Å². The summed E-state index contributed by atoms with van der Waals surface area (Å²) >= 11 is 1.76. The van der Waals surface area contributed by atoms with Crippen molar-refractivity contribution >= 4 is 11.3 Å². The molecule has 0 unspecified atom stereocenters. The van der Waals surface area contributed by atoms with Gasteiger partial charge in [-0.15, -0.1) is 11.3 Å². The molecule has 2 rings (SSSR count). The number of rotatable bonds is 5. The van der Waals surface area contributed by atoms with E-state index in [0.717, 1.165) is 18.8 Å². The van der Waals surface area contributed by atoms with Crippen LogP contribution in [0, 0.1) is 0 Å². The fraction of sp³-hybridized carbons (Fsp3) is 0.333. The molecule has 0 saturated carbocycles. The number of hydrogen-bond donors (Lipinski definition) is 1. The van der Waals surface area contributed by atoms with Gasteiger partial charge in [0, 0.05) is 11.4 Å². The van der Waals surface area contributed by atoms with E-state index >= 15 is 0 Å². The Bertz CT molecular complexity index is 422. The van der Waals surface area contributed by atoms with E-state index in [0.29, 0.717) is 5.76 Å². The molecule has 2 aromatic heterocycles. The fourth-order valence-electron chi connectivity index (χ4n) is 1.58. The number of aliphatic hydroxyl groups excluding tert-OH is 1. The van der Waals surface area contributed by atoms with E-state index in [2.05, 4.69) is 29.5 Å². The Morgan fingerprint density at radius 3 is 2.69 bits per heavy atom. The van der Waals surface area contributed by atoms with Gasteiger partial charge in [0.05, 0.1) is 6.54 Å². The van der Waals surface area contributed by atoms with Crippen LogP contribution in [0.4, 0.5) is 0 Å². The largest absolute Gasteiger partial charge is 0.462 e. The third kappa shape index (κ3) is 2.95. The molecule has 0 radical (unpaired) electrons. The minimum absolute atomic E-state index is 0.0331. The van der Waals surface area contributed by atoms with Crippen LogP contribution in [0.1, 0.15) is 16.4 Å². The molecule has 0 aliphatic rings. The first-order valence-corrected chi connectivity index (χ1v) is 6.05. The van der Waals surface area contributed by atoms with E-state index in [1.807, 2.05) is 12.1 Å². The van der Waals surface area contributed by atoms with Crippen LogP contribution in [0.25, 0.3) is 0 Å². The number of nitrogens with zero attached hydrogens (tertiary/aromatic N) is 1. The van der Waals surface area contributed by atoms with Crippen LogP contribution >= 0.6 is 11.3 Å². The summed E-state index contributed by atoms with van der Waals surface area (Å²) in [5, 5.41) is 11.0. The minimum Gasteiger partial charge on any atom is -0.462 e. The average Bonchev–Trinajstić information content (AvgIpc) is 2.89. The van der Waals surface area contributed by atoms with Gasteiger partial charge in [0.1, 0.15) is 18.1 Å². The third-order valence-electron chi connectivity index (χ3n) is 2.30. The summed E-state index contributed by atoms with van der Waals surface area (Å²) in [6.07, 6.45) is 0. The van der Waals surface area contributed by atoms with Crippen LogP contribution < -0.4 is 0 Å². The summed E-state index contributed by atoms with van der Waals surface area (Å²) in [7, 11) is 2.06. The molecule has 4 heteroatoms. The lowest BCUT2D eigenvalue weighted by molar-refractivity contribution is 0.231. The second-order valence-corrected chi connectivity index (χ2v) is 4.81. The Kier molecular flexibility index (Phi) is 3.77. The van der Waals surface area contributed by atoms with Gasteiger partial charge in [0.2, 0.25) is 0 Å². The van der Waals surface area contributed by atoms with Crippen molar-refractivity contribution in [3.05, 3.63) is 46.0 Å². The van der Waals surface area contributed by atoms with Crippen molar-refractivity contribution in [2.75, 3.05) is 7.05 Å². The molecule has 0 fully saturated rings. The Hall–Kier alpha value is -1.10. The summed E-state index contributed by atoms with van der Waals surface area (Å²) < 4.78 is 5.43. The fourth-order valence-corrected chi connectivity index (χ4v) is 2.37. The molecule has 2 heterocycles. The molecular formula is C12H15NO2S. The van der Waals surface area contributed by atoms with Gasteiger partial charge < -0.3 is 9.52 Å². The van der Waals surface area contributed by atoms with Crippen LogP contribution in [0.3, 0.4) is 0 Å². The molecule has 0 spiro atoms. The Labute approximate surface area is 98.9 Å². The molecule has 0 aliphatic carbocycles. The van der Waals surface area contributed by atoms with Gasteiger partial charge in [0.15, 0.2) is 0 Å². The van der Waals surface area contributed by atoms with Crippen LogP contribution in [0.5, 0.6) is 0 Å². The van der Waals surface area contributed by atoms with E-state index in [1.165, 1.54) is 4.88 Å². The highest BCUT2D eigenvalue weighted by Crippen LogP contribution is 2.14. The average molecular weight is 237 g/mol. The summed E-state index contributed by atoms with van der Waals surface area (Å²) in [4.78, 5) is 3.53. The van der Waals surface area contributed by atoms with E-state index in [1.54, 1.807) is 11.3 Å². The van der Waals surface area contributed by atoms with Crippen molar-refractivity contribution in [1.82, 2.24) is 4.90 Å². The van der Waals surface area contributed by atoms with Gasteiger partial charge in [-0.25, -0.2) is 0 Å². The molecule has 86 valence electrons. The highest BCUT2D eigenvalue weighted by molar-refractivity contribution is 7.09. The lowest BCUT2D eigenvalue weighted by Crippen LogP contribution is -2.15. The van der Waals surface area contributed by atoms with Gasteiger partial charge in [-0.3, -0.25) is 4.90 Å². The summed E-state index contributed by atoms with van der Waals surface area (Å²) in [6, 6.07) is 7.91.